The van der Waals surface area contributed by atoms with Crippen LogP contribution in [0.3, 0.4) is 0 Å². The first-order chi connectivity index (χ1) is 9.73. The Morgan fingerprint density at radius 3 is 2.57 bits per heavy atom. The highest BCUT2D eigenvalue weighted by Gasteiger charge is 2.33. The summed E-state index contributed by atoms with van der Waals surface area (Å²) in [6.45, 7) is 2.94. The summed E-state index contributed by atoms with van der Waals surface area (Å²) in [5.41, 5.74) is 5.51. The van der Waals surface area contributed by atoms with Crippen molar-refractivity contribution < 1.29 is 13.2 Å². The number of rotatable bonds is 4. The molecule has 0 spiro atoms. The summed E-state index contributed by atoms with van der Waals surface area (Å²) < 4.78 is 33.0. The number of hydrogen-bond acceptors (Lipinski definition) is 4. The molecule has 0 aliphatic carbocycles. The van der Waals surface area contributed by atoms with Crippen molar-refractivity contribution in [3.63, 3.8) is 0 Å². The molecule has 0 saturated carbocycles. The largest absolute Gasteiger partial charge is 0.389 e. The van der Waals surface area contributed by atoms with Crippen molar-refractivity contribution in [3.05, 3.63) is 28.8 Å². The second kappa shape index (κ2) is 6.18. The van der Waals surface area contributed by atoms with Crippen LogP contribution < -0.4 is 10.5 Å². The zero-order valence-electron chi connectivity index (χ0n) is 11.6. The summed E-state index contributed by atoms with van der Waals surface area (Å²) in [6.07, 6.45) is 1.24. The van der Waals surface area contributed by atoms with Crippen LogP contribution in [0, 0.1) is 0 Å². The fraction of sp³-hybridized carbons (Fsp3) is 0.462. The number of nitrogens with two attached hydrogens (primary N) is 1. The van der Waals surface area contributed by atoms with Crippen LogP contribution in [0.1, 0.15) is 25.3 Å². The Morgan fingerprint density at radius 1 is 1.43 bits per heavy atom. The van der Waals surface area contributed by atoms with Gasteiger partial charge < -0.3 is 10.5 Å². The standard InChI is InChI=1S/C13H17ClN2O3S2/c1-13(4-6-19-7-5-13)16-21(17,18)11-3-2-9(12(15)20)8-10(11)14/h2-3,8,16H,4-7H2,1H3,(H2,15,20). The minimum absolute atomic E-state index is 0.0249. The molecule has 1 fully saturated rings. The zero-order chi connectivity index (χ0) is 15.7. The Bertz CT molecular complexity index is 655. The maximum Gasteiger partial charge on any atom is 0.242 e. The molecule has 1 saturated heterocycles. The highest BCUT2D eigenvalue weighted by atomic mass is 35.5. The molecule has 8 heteroatoms. The predicted molar refractivity (Wildman–Crippen MR) is 86.1 cm³/mol. The van der Waals surface area contributed by atoms with Crippen LogP contribution in [0.4, 0.5) is 0 Å². The van der Waals surface area contributed by atoms with E-state index in [1.54, 1.807) is 6.07 Å². The van der Waals surface area contributed by atoms with E-state index < -0.39 is 15.6 Å². The molecule has 1 aliphatic heterocycles. The van der Waals surface area contributed by atoms with Crippen molar-refractivity contribution in [2.75, 3.05) is 13.2 Å². The Balaban J connectivity index is 2.29. The van der Waals surface area contributed by atoms with E-state index in [1.165, 1.54) is 12.1 Å². The third-order valence-electron chi connectivity index (χ3n) is 3.48. The van der Waals surface area contributed by atoms with E-state index in [0.29, 0.717) is 31.6 Å². The molecule has 1 heterocycles. The van der Waals surface area contributed by atoms with Crippen LogP contribution in [0.2, 0.25) is 5.02 Å². The minimum atomic E-state index is -3.71. The van der Waals surface area contributed by atoms with Gasteiger partial charge in [-0.25, -0.2) is 13.1 Å². The van der Waals surface area contributed by atoms with Gasteiger partial charge in [-0.05, 0) is 31.9 Å². The van der Waals surface area contributed by atoms with Gasteiger partial charge in [0.1, 0.15) is 9.88 Å². The highest BCUT2D eigenvalue weighted by molar-refractivity contribution is 7.89. The van der Waals surface area contributed by atoms with E-state index >= 15 is 0 Å². The molecule has 0 bridgehead atoms. The van der Waals surface area contributed by atoms with E-state index in [0.717, 1.165) is 0 Å². The first-order valence-corrected chi connectivity index (χ1v) is 8.72. The van der Waals surface area contributed by atoms with Crippen molar-refractivity contribution >= 4 is 38.8 Å². The average molecular weight is 349 g/mol. The normalized spacial score (nSPS) is 18.4. The molecule has 1 aliphatic rings. The van der Waals surface area contributed by atoms with Crippen molar-refractivity contribution in [3.8, 4) is 0 Å². The van der Waals surface area contributed by atoms with Gasteiger partial charge in [0.2, 0.25) is 10.0 Å². The summed E-state index contributed by atoms with van der Waals surface area (Å²) in [7, 11) is -3.71. The van der Waals surface area contributed by atoms with Gasteiger partial charge in [0.15, 0.2) is 0 Å². The number of thiocarbonyl (C=S) groups is 1. The molecule has 0 atom stereocenters. The van der Waals surface area contributed by atoms with Gasteiger partial charge in [-0.1, -0.05) is 29.9 Å². The van der Waals surface area contributed by atoms with Crippen molar-refractivity contribution in [1.82, 2.24) is 4.72 Å². The molecule has 1 aromatic carbocycles. The van der Waals surface area contributed by atoms with E-state index in [9.17, 15) is 8.42 Å². The fourth-order valence-corrected chi connectivity index (χ4v) is 4.31. The lowest BCUT2D eigenvalue weighted by molar-refractivity contribution is 0.0537. The Morgan fingerprint density at radius 2 is 2.05 bits per heavy atom. The van der Waals surface area contributed by atoms with Crippen LogP contribution in [0.5, 0.6) is 0 Å². The van der Waals surface area contributed by atoms with Gasteiger partial charge in [0, 0.05) is 24.3 Å². The second-order valence-corrected chi connectivity index (χ2v) is 7.79. The summed E-state index contributed by atoms with van der Waals surface area (Å²) in [6, 6.07) is 4.43. The molecule has 5 nitrogen and oxygen atoms in total. The summed E-state index contributed by atoms with van der Waals surface area (Å²) >= 11 is 10.9. The van der Waals surface area contributed by atoms with E-state index in [4.69, 9.17) is 34.3 Å². The lowest BCUT2D eigenvalue weighted by Gasteiger charge is -2.34. The summed E-state index contributed by atoms with van der Waals surface area (Å²) in [5.74, 6) is 0. The third-order valence-corrected chi connectivity index (χ3v) is 5.84. The zero-order valence-corrected chi connectivity index (χ0v) is 13.9. The van der Waals surface area contributed by atoms with Gasteiger partial charge in [0.25, 0.3) is 0 Å². The van der Waals surface area contributed by atoms with E-state index in [2.05, 4.69) is 4.72 Å². The minimum Gasteiger partial charge on any atom is -0.389 e. The molecule has 2 rings (SSSR count). The fourth-order valence-electron chi connectivity index (χ4n) is 2.18. The monoisotopic (exact) mass is 348 g/mol. The number of halogens is 1. The Labute approximate surface area is 134 Å². The van der Waals surface area contributed by atoms with Crippen LogP contribution >= 0.6 is 23.8 Å². The predicted octanol–water partition coefficient (Wildman–Crippen LogP) is 1.82. The molecule has 0 unspecified atom stereocenters. The molecule has 21 heavy (non-hydrogen) atoms. The number of sulfonamides is 1. The quantitative estimate of drug-likeness (QED) is 0.811. The lowest BCUT2D eigenvalue weighted by Crippen LogP contribution is -2.49. The van der Waals surface area contributed by atoms with Crippen molar-refractivity contribution in [1.29, 1.82) is 0 Å². The van der Waals surface area contributed by atoms with Crippen LogP contribution in [0.15, 0.2) is 23.1 Å². The SMILES string of the molecule is CC1(NS(=O)(=O)c2ccc(C(N)=S)cc2Cl)CCOCC1. The van der Waals surface area contributed by atoms with Gasteiger partial charge in [-0.3, -0.25) is 0 Å². The van der Waals surface area contributed by atoms with E-state index in [1.807, 2.05) is 6.92 Å². The van der Waals surface area contributed by atoms with Gasteiger partial charge in [-0.2, -0.15) is 0 Å². The molecule has 0 radical (unpaired) electrons. The van der Waals surface area contributed by atoms with Crippen LogP contribution in [0.25, 0.3) is 0 Å². The van der Waals surface area contributed by atoms with Gasteiger partial charge in [-0.15, -0.1) is 0 Å². The molecule has 0 aromatic heterocycles. The number of benzene rings is 1. The van der Waals surface area contributed by atoms with Gasteiger partial charge in [0.05, 0.1) is 5.02 Å². The lowest BCUT2D eigenvalue weighted by atomic mass is 9.94. The molecule has 1 aromatic rings. The van der Waals surface area contributed by atoms with Crippen LogP contribution in [-0.4, -0.2) is 32.2 Å². The average Bonchev–Trinajstić information content (AvgIpc) is 2.37. The van der Waals surface area contributed by atoms with Crippen molar-refractivity contribution in [2.45, 2.75) is 30.2 Å². The smallest absolute Gasteiger partial charge is 0.242 e. The Kier molecular flexibility index (Phi) is 4.89. The number of nitrogens with one attached hydrogen (secondary N) is 1. The summed E-state index contributed by atoms with van der Waals surface area (Å²) in [4.78, 5) is 0.196. The topological polar surface area (TPSA) is 81.4 Å². The molecule has 0 amide bonds. The molecule has 3 N–H and O–H groups in total. The maximum absolute atomic E-state index is 12.5. The number of ether oxygens (including phenoxy) is 1. The first kappa shape index (κ1) is 16.6. The van der Waals surface area contributed by atoms with Crippen LogP contribution in [-0.2, 0) is 14.8 Å². The maximum atomic E-state index is 12.5. The van der Waals surface area contributed by atoms with Gasteiger partial charge >= 0.3 is 0 Å². The molecular formula is C13H17ClN2O3S2. The highest BCUT2D eigenvalue weighted by Crippen LogP contribution is 2.27. The van der Waals surface area contributed by atoms with E-state index in [-0.39, 0.29) is 14.9 Å². The van der Waals surface area contributed by atoms with Crippen molar-refractivity contribution in [2.24, 2.45) is 5.73 Å². The first-order valence-electron chi connectivity index (χ1n) is 6.45. The second-order valence-electron chi connectivity index (χ2n) is 5.29. The number of hydrogen-bond donors (Lipinski definition) is 2. The summed E-state index contributed by atoms with van der Waals surface area (Å²) in [5, 5.41) is 0.100. The molecule has 116 valence electrons. The third kappa shape index (κ3) is 3.92. The Hall–Kier alpha value is -0.730. The molecular weight excluding hydrogens is 332 g/mol.